The monoisotopic (exact) mass is 298 g/mol. The predicted molar refractivity (Wildman–Crippen MR) is 78.4 cm³/mol. The fraction of sp³-hybridized carbons (Fsp3) is 0.615. The van der Waals surface area contributed by atoms with Gasteiger partial charge in [-0.2, -0.15) is 0 Å². The van der Waals surface area contributed by atoms with Crippen LogP contribution in [0, 0.1) is 5.41 Å². The summed E-state index contributed by atoms with van der Waals surface area (Å²) in [6.45, 7) is 4.22. The lowest BCUT2D eigenvalue weighted by Gasteiger charge is -2.38. The first-order valence-electron chi connectivity index (χ1n) is 6.80. The van der Waals surface area contributed by atoms with Gasteiger partial charge in [0.2, 0.25) is 10.0 Å². The molecule has 1 aromatic rings. The number of hydrogen-bond donors (Lipinski definition) is 3. The Hall–Kier alpha value is -1.18. The summed E-state index contributed by atoms with van der Waals surface area (Å²) in [6, 6.07) is 2.86. The minimum absolute atomic E-state index is 0.0205. The highest BCUT2D eigenvalue weighted by molar-refractivity contribution is 7.89. The Labute approximate surface area is 120 Å². The molecule has 0 amide bonds. The molecule has 1 saturated carbocycles. The van der Waals surface area contributed by atoms with Crippen molar-refractivity contribution in [2.75, 3.05) is 5.43 Å². The molecule has 0 aromatic carbocycles. The molecule has 1 aliphatic rings. The largest absolute Gasteiger partial charge is 0.308 e. The summed E-state index contributed by atoms with van der Waals surface area (Å²) in [5.41, 5.74) is 2.34. The fourth-order valence-electron chi connectivity index (χ4n) is 2.63. The third kappa shape index (κ3) is 3.28. The Balaban J connectivity index is 2.22. The van der Waals surface area contributed by atoms with Crippen LogP contribution in [-0.2, 0) is 10.0 Å². The number of nitrogens with zero attached hydrogens (tertiary/aromatic N) is 1. The van der Waals surface area contributed by atoms with Crippen molar-refractivity contribution in [3.8, 4) is 0 Å². The van der Waals surface area contributed by atoms with E-state index in [2.05, 4.69) is 29.0 Å². The molecule has 20 heavy (non-hydrogen) atoms. The van der Waals surface area contributed by atoms with E-state index < -0.39 is 10.0 Å². The number of aromatic nitrogens is 1. The van der Waals surface area contributed by atoms with Crippen LogP contribution < -0.4 is 16.0 Å². The predicted octanol–water partition coefficient (Wildman–Crippen LogP) is 1.61. The number of sulfonamides is 1. The molecular weight excluding hydrogens is 276 g/mol. The standard InChI is InChI=1S/C13H22N4O2S/c1-13(2)7-4-3-5-11(13)17-20(18,19)10-6-8-15-12(9-10)16-14/h6,8-9,11,17H,3-5,7,14H2,1-2H3,(H,15,16). The summed E-state index contributed by atoms with van der Waals surface area (Å²) in [7, 11) is -3.55. The number of nitrogens with one attached hydrogen (secondary N) is 2. The first-order chi connectivity index (χ1) is 9.35. The first-order valence-corrected chi connectivity index (χ1v) is 8.28. The molecule has 7 heteroatoms. The fourth-order valence-corrected chi connectivity index (χ4v) is 4.08. The van der Waals surface area contributed by atoms with E-state index >= 15 is 0 Å². The molecule has 0 spiro atoms. The summed E-state index contributed by atoms with van der Waals surface area (Å²) in [5.74, 6) is 5.59. The molecule has 1 unspecified atom stereocenters. The van der Waals surface area contributed by atoms with Crippen LogP contribution in [0.15, 0.2) is 23.2 Å². The first kappa shape index (κ1) is 15.2. The second kappa shape index (κ2) is 5.67. The number of hydrogen-bond acceptors (Lipinski definition) is 5. The van der Waals surface area contributed by atoms with E-state index in [9.17, 15) is 8.42 Å². The Morgan fingerprint density at radius 2 is 2.15 bits per heavy atom. The van der Waals surface area contributed by atoms with Gasteiger partial charge < -0.3 is 5.43 Å². The average molecular weight is 298 g/mol. The van der Waals surface area contributed by atoms with Crippen LogP contribution in [0.2, 0.25) is 0 Å². The zero-order chi connectivity index (χ0) is 14.8. The normalized spacial score (nSPS) is 22.4. The molecule has 0 aliphatic heterocycles. The van der Waals surface area contributed by atoms with Crippen molar-refractivity contribution in [3.05, 3.63) is 18.3 Å². The Morgan fingerprint density at radius 3 is 2.80 bits per heavy atom. The van der Waals surface area contributed by atoms with Crippen LogP contribution >= 0.6 is 0 Å². The van der Waals surface area contributed by atoms with E-state index in [4.69, 9.17) is 5.84 Å². The van der Waals surface area contributed by atoms with Gasteiger partial charge in [0.15, 0.2) is 0 Å². The van der Waals surface area contributed by atoms with E-state index in [0.29, 0.717) is 5.82 Å². The smallest absolute Gasteiger partial charge is 0.241 e. The van der Waals surface area contributed by atoms with Crippen LogP contribution in [0.3, 0.4) is 0 Å². The van der Waals surface area contributed by atoms with Gasteiger partial charge >= 0.3 is 0 Å². The number of anilines is 1. The molecule has 0 radical (unpaired) electrons. The van der Waals surface area contributed by atoms with Crippen molar-refractivity contribution in [1.29, 1.82) is 0 Å². The van der Waals surface area contributed by atoms with Gasteiger partial charge in [0.05, 0.1) is 4.90 Å². The molecule has 1 aromatic heterocycles. The number of rotatable bonds is 4. The summed E-state index contributed by atoms with van der Waals surface area (Å²) in [4.78, 5) is 4.10. The highest BCUT2D eigenvalue weighted by Crippen LogP contribution is 2.36. The summed E-state index contributed by atoms with van der Waals surface area (Å²) in [6.07, 6.45) is 5.55. The second-order valence-electron chi connectivity index (χ2n) is 5.93. The molecule has 1 atom stereocenters. The van der Waals surface area contributed by atoms with Crippen molar-refractivity contribution in [2.45, 2.75) is 50.5 Å². The third-order valence-corrected chi connectivity index (χ3v) is 5.46. The van der Waals surface area contributed by atoms with Crippen LogP contribution in [0.4, 0.5) is 5.82 Å². The Morgan fingerprint density at radius 1 is 1.40 bits per heavy atom. The van der Waals surface area contributed by atoms with Crippen LogP contribution in [0.1, 0.15) is 39.5 Å². The van der Waals surface area contributed by atoms with Crippen molar-refractivity contribution in [1.82, 2.24) is 9.71 Å². The van der Waals surface area contributed by atoms with Crippen molar-refractivity contribution in [3.63, 3.8) is 0 Å². The van der Waals surface area contributed by atoms with E-state index in [1.165, 1.54) is 18.3 Å². The maximum absolute atomic E-state index is 12.4. The summed E-state index contributed by atoms with van der Waals surface area (Å²) < 4.78 is 27.7. The van der Waals surface area contributed by atoms with Gasteiger partial charge in [-0.15, -0.1) is 0 Å². The van der Waals surface area contributed by atoms with Gasteiger partial charge in [-0.1, -0.05) is 26.7 Å². The number of nitrogen functional groups attached to an aromatic ring is 1. The topological polar surface area (TPSA) is 97.1 Å². The Kier molecular flexibility index (Phi) is 4.31. The average Bonchev–Trinajstić information content (AvgIpc) is 2.41. The molecule has 0 saturated heterocycles. The van der Waals surface area contributed by atoms with E-state index in [1.807, 2.05) is 0 Å². The third-order valence-electron chi connectivity index (χ3n) is 3.99. The van der Waals surface area contributed by atoms with Gasteiger partial charge in [0.1, 0.15) is 5.82 Å². The van der Waals surface area contributed by atoms with E-state index in [0.717, 1.165) is 25.7 Å². The van der Waals surface area contributed by atoms with Crippen molar-refractivity contribution < 1.29 is 8.42 Å². The van der Waals surface area contributed by atoms with E-state index in [-0.39, 0.29) is 16.4 Å². The maximum Gasteiger partial charge on any atom is 0.241 e. The summed E-state index contributed by atoms with van der Waals surface area (Å²) in [5, 5.41) is 0. The lowest BCUT2D eigenvalue weighted by atomic mass is 9.74. The lowest BCUT2D eigenvalue weighted by molar-refractivity contribution is 0.188. The molecule has 0 bridgehead atoms. The maximum atomic E-state index is 12.4. The van der Waals surface area contributed by atoms with Crippen molar-refractivity contribution >= 4 is 15.8 Å². The molecule has 112 valence electrons. The number of pyridine rings is 1. The zero-order valence-corrected chi connectivity index (χ0v) is 12.7. The minimum atomic E-state index is -3.55. The molecular formula is C13H22N4O2S. The number of nitrogens with two attached hydrogens (primary N) is 1. The quantitative estimate of drug-likeness (QED) is 0.579. The van der Waals surface area contributed by atoms with Crippen LogP contribution in [0.25, 0.3) is 0 Å². The Bertz CT molecular complexity index is 571. The molecule has 6 nitrogen and oxygen atoms in total. The molecule has 4 N–H and O–H groups in total. The lowest BCUT2D eigenvalue weighted by Crippen LogP contribution is -2.46. The van der Waals surface area contributed by atoms with Crippen LogP contribution in [-0.4, -0.2) is 19.4 Å². The van der Waals surface area contributed by atoms with Gasteiger partial charge in [-0.05, 0) is 24.3 Å². The molecule has 1 heterocycles. The molecule has 1 fully saturated rings. The van der Waals surface area contributed by atoms with Gasteiger partial charge in [0, 0.05) is 18.3 Å². The van der Waals surface area contributed by atoms with E-state index in [1.54, 1.807) is 0 Å². The van der Waals surface area contributed by atoms with Crippen LogP contribution in [0.5, 0.6) is 0 Å². The summed E-state index contributed by atoms with van der Waals surface area (Å²) >= 11 is 0. The van der Waals surface area contributed by atoms with Gasteiger partial charge in [-0.25, -0.2) is 24.0 Å². The second-order valence-corrected chi connectivity index (χ2v) is 7.64. The minimum Gasteiger partial charge on any atom is -0.308 e. The highest BCUT2D eigenvalue weighted by atomic mass is 32.2. The number of hydrazine groups is 1. The highest BCUT2D eigenvalue weighted by Gasteiger charge is 2.35. The van der Waals surface area contributed by atoms with Gasteiger partial charge in [-0.3, -0.25) is 0 Å². The SMILES string of the molecule is CC1(C)CCCCC1NS(=O)(=O)c1ccnc(NN)c1. The van der Waals surface area contributed by atoms with Crippen molar-refractivity contribution in [2.24, 2.45) is 11.3 Å². The van der Waals surface area contributed by atoms with Gasteiger partial charge in [0.25, 0.3) is 0 Å². The molecule has 1 aliphatic carbocycles. The molecule has 2 rings (SSSR count). The zero-order valence-electron chi connectivity index (χ0n) is 11.9.